The van der Waals surface area contributed by atoms with Gasteiger partial charge in [-0.05, 0) is 26.2 Å². The lowest BCUT2D eigenvalue weighted by atomic mass is 10.2. The van der Waals surface area contributed by atoms with Crippen LogP contribution in [0.3, 0.4) is 0 Å². The van der Waals surface area contributed by atoms with Gasteiger partial charge in [0.05, 0.1) is 13.2 Å². The van der Waals surface area contributed by atoms with Crippen molar-refractivity contribution in [3.05, 3.63) is 0 Å². The maximum atomic E-state index is 5.41. The Balaban J connectivity index is 1.62. The molecule has 0 aromatic carbocycles. The molecule has 0 saturated carbocycles. The number of unbranched alkanes of at least 4 members (excludes halogenated alkanes) is 2. The van der Waals surface area contributed by atoms with Crippen LogP contribution in [0, 0.1) is 0 Å². The molecule has 0 radical (unpaired) electrons. The van der Waals surface area contributed by atoms with Crippen molar-refractivity contribution in [1.82, 2.24) is 0 Å². The highest BCUT2D eigenvalue weighted by Crippen LogP contribution is 2.08. The zero-order valence-corrected chi connectivity index (χ0v) is 9.57. The summed E-state index contributed by atoms with van der Waals surface area (Å²) in [5.74, 6) is 0. The first kappa shape index (κ1) is 12.9. The molecule has 1 heterocycles. The third-order valence-corrected chi connectivity index (χ3v) is 2.15. The summed E-state index contributed by atoms with van der Waals surface area (Å²) in [6, 6.07) is 0. The molecule has 0 spiro atoms. The van der Waals surface area contributed by atoms with Gasteiger partial charge in [0.25, 0.3) is 0 Å². The maximum absolute atomic E-state index is 5.41. The lowest BCUT2D eigenvalue weighted by molar-refractivity contribution is -0.0504. The molecule has 15 heavy (non-hydrogen) atoms. The SMILES string of the molecule is CCOCOCCCCCOC[C@@H]1CO1. The summed E-state index contributed by atoms with van der Waals surface area (Å²) in [6.07, 6.45) is 3.72. The summed E-state index contributed by atoms with van der Waals surface area (Å²) in [5, 5.41) is 0. The second-order valence-electron chi connectivity index (χ2n) is 3.61. The molecule has 1 atom stereocenters. The second kappa shape index (κ2) is 9.09. The van der Waals surface area contributed by atoms with E-state index in [1.54, 1.807) is 0 Å². The van der Waals surface area contributed by atoms with Gasteiger partial charge in [-0.25, -0.2) is 0 Å². The zero-order chi connectivity index (χ0) is 10.8. The van der Waals surface area contributed by atoms with Gasteiger partial charge in [0, 0.05) is 19.8 Å². The van der Waals surface area contributed by atoms with E-state index in [1.165, 1.54) is 0 Å². The van der Waals surface area contributed by atoms with E-state index in [1.807, 2.05) is 6.92 Å². The average Bonchev–Trinajstić information content (AvgIpc) is 3.05. The summed E-state index contributed by atoms with van der Waals surface area (Å²) in [4.78, 5) is 0. The molecule has 0 aromatic rings. The summed E-state index contributed by atoms with van der Waals surface area (Å²) in [5.41, 5.74) is 0. The predicted octanol–water partition coefficient (Wildman–Crippen LogP) is 1.58. The van der Waals surface area contributed by atoms with E-state index < -0.39 is 0 Å². The first-order valence-corrected chi connectivity index (χ1v) is 5.78. The third-order valence-electron chi connectivity index (χ3n) is 2.15. The predicted molar refractivity (Wildman–Crippen MR) is 56.9 cm³/mol. The normalized spacial score (nSPS) is 19.4. The third kappa shape index (κ3) is 8.81. The summed E-state index contributed by atoms with van der Waals surface area (Å²) < 4.78 is 20.7. The molecule has 0 aliphatic carbocycles. The lowest BCUT2D eigenvalue weighted by Crippen LogP contribution is -2.04. The van der Waals surface area contributed by atoms with Crippen molar-refractivity contribution >= 4 is 0 Å². The fourth-order valence-electron chi connectivity index (χ4n) is 1.17. The van der Waals surface area contributed by atoms with Crippen LogP contribution in [0.2, 0.25) is 0 Å². The molecule has 4 nitrogen and oxygen atoms in total. The van der Waals surface area contributed by atoms with Crippen LogP contribution in [0.1, 0.15) is 26.2 Å². The Morgan fingerprint density at radius 2 is 1.80 bits per heavy atom. The van der Waals surface area contributed by atoms with Gasteiger partial charge in [-0.2, -0.15) is 0 Å². The Kier molecular flexibility index (Phi) is 7.83. The summed E-state index contributed by atoms with van der Waals surface area (Å²) in [6.45, 7) is 6.37. The van der Waals surface area contributed by atoms with Gasteiger partial charge in [0.2, 0.25) is 0 Å². The van der Waals surface area contributed by atoms with E-state index in [2.05, 4.69) is 0 Å². The van der Waals surface area contributed by atoms with Gasteiger partial charge in [0.15, 0.2) is 0 Å². The van der Waals surface area contributed by atoms with Gasteiger partial charge in [-0.3, -0.25) is 0 Å². The molecule has 1 aliphatic rings. The monoisotopic (exact) mass is 218 g/mol. The molecule has 90 valence electrons. The Bertz CT molecular complexity index is 137. The highest BCUT2D eigenvalue weighted by molar-refractivity contribution is 4.66. The van der Waals surface area contributed by atoms with Gasteiger partial charge in [0.1, 0.15) is 12.9 Å². The first-order valence-electron chi connectivity index (χ1n) is 5.78. The number of rotatable bonds is 11. The van der Waals surface area contributed by atoms with Crippen LogP contribution in [0.15, 0.2) is 0 Å². The quantitative estimate of drug-likeness (QED) is 0.300. The smallest absolute Gasteiger partial charge is 0.146 e. The minimum Gasteiger partial charge on any atom is -0.379 e. The van der Waals surface area contributed by atoms with Crippen molar-refractivity contribution < 1.29 is 18.9 Å². The van der Waals surface area contributed by atoms with E-state index in [9.17, 15) is 0 Å². The van der Waals surface area contributed by atoms with E-state index >= 15 is 0 Å². The standard InChI is InChI=1S/C11H22O4/c1-2-12-10-14-7-5-3-4-6-13-8-11-9-15-11/h11H,2-10H2,1H3/t11-/m1/s1. The molecule has 0 N–H and O–H groups in total. The molecule has 0 amide bonds. The highest BCUT2D eigenvalue weighted by atomic mass is 16.7. The van der Waals surface area contributed by atoms with E-state index in [0.29, 0.717) is 12.9 Å². The Labute approximate surface area is 91.8 Å². The van der Waals surface area contributed by atoms with Crippen LogP contribution in [-0.2, 0) is 18.9 Å². The van der Waals surface area contributed by atoms with Crippen molar-refractivity contribution in [2.24, 2.45) is 0 Å². The van der Waals surface area contributed by atoms with E-state index in [0.717, 1.165) is 52.3 Å². The van der Waals surface area contributed by atoms with Crippen molar-refractivity contribution in [2.45, 2.75) is 32.3 Å². The topological polar surface area (TPSA) is 40.2 Å². The fraction of sp³-hybridized carbons (Fsp3) is 1.00. The zero-order valence-electron chi connectivity index (χ0n) is 9.57. The fourth-order valence-corrected chi connectivity index (χ4v) is 1.17. The van der Waals surface area contributed by atoms with Gasteiger partial charge >= 0.3 is 0 Å². The van der Waals surface area contributed by atoms with Crippen molar-refractivity contribution in [1.29, 1.82) is 0 Å². The van der Waals surface area contributed by atoms with Gasteiger partial charge in [-0.15, -0.1) is 0 Å². The molecule has 0 bridgehead atoms. The number of hydrogen-bond donors (Lipinski definition) is 0. The molecule has 1 aliphatic heterocycles. The Hall–Kier alpha value is -0.160. The average molecular weight is 218 g/mol. The molecule has 0 unspecified atom stereocenters. The number of epoxide rings is 1. The second-order valence-corrected chi connectivity index (χ2v) is 3.61. The summed E-state index contributed by atoms with van der Waals surface area (Å²) in [7, 11) is 0. The van der Waals surface area contributed by atoms with Crippen LogP contribution in [0.5, 0.6) is 0 Å². The minimum absolute atomic E-state index is 0.388. The van der Waals surface area contributed by atoms with Crippen LogP contribution in [-0.4, -0.2) is 45.9 Å². The van der Waals surface area contributed by atoms with E-state index in [-0.39, 0.29) is 0 Å². The van der Waals surface area contributed by atoms with Crippen LogP contribution in [0.25, 0.3) is 0 Å². The van der Waals surface area contributed by atoms with Gasteiger partial charge in [-0.1, -0.05) is 0 Å². The minimum atomic E-state index is 0.388. The van der Waals surface area contributed by atoms with E-state index in [4.69, 9.17) is 18.9 Å². The largest absolute Gasteiger partial charge is 0.379 e. The number of hydrogen-bond acceptors (Lipinski definition) is 4. The highest BCUT2D eigenvalue weighted by Gasteiger charge is 2.21. The Morgan fingerprint density at radius 1 is 1.07 bits per heavy atom. The lowest BCUT2D eigenvalue weighted by Gasteiger charge is -2.04. The van der Waals surface area contributed by atoms with Crippen molar-refractivity contribution in [2.75, 3.05) is 39.8 Å². The molecule has 4 heteroatoms. The van der Waals surface area contributed by atoms with Crippen molar-refractivity contribution in [3.63, 3.8) is 0 Å². The Morgan fingerprint density at radius 3 is 2.47 bits per heavy atom. The number of ether oxygens (including phenoxy) is 4. The maximum Gasteiger partial charge on any atom is 0.146 e. The van der Waals surface area contributed by atoms with Crippen molar-refractivity contribution in [3.8, 4) is 0 Å². The molecule has 0 aromatic heterocycles. The molecule has 1 rings (SSSR count). The van der Waals surface area contributed by atoms with Crippen LogP contribution >= 0.6 is 0 Å². The molecule has 1 fully saturated rings. The van der Waals surface area contributed by atoms with Crippen LogP contribution < -0.4 is 0 Å². The molecular weight excluding hydrogens is 196 g/mol. The molecule has 1 saturated heterocycles. The van der Waals surface area contributed by atoms with Gasteiger partial charge < -0.3 is 18.9 Å². The van der Waals surface area contributed by atoms with Crippen LogP contribution in [0.4, 0.5) is 0 Å². The summed E-state index contributed by atoms with van der Waals surface area (Å²) >= 11 is 0. The molecular formula is C11H22O4. The first-order chi connectivity index (χ1) is 7.43.